The first-order chi connectivity index (χ1) is 7.17. The van der Waals surface area contributed by atoms with Gasteiger partial charge in [-0.25, -0.2) is 0 Å². The zero-order chi connectivity index (χ0) is 11.3. The van der Waals surface area contributed by atoms with Crippen LogP contribution in [0.2, 0.25) is 0 Å². The van der Waals surface area contributed by atoms with Crippen LogP contribution in [-0.4, -0.2) is 12.6 Å². The molecule has 2 N–H and O–H groups in total. The van der Waals surface area contributed by atoms with Crippen molar-refractivity contribution in [1.29, 1.82) is 0 Å². The maximum absolute atomic E-state index is 5.92. The number of rotatable bonds is 6. The lowest BCUT2D eigenvalue weighted by molar-refractivity contribution is -0.000939. The fourth-order valence-corrected chi connectivity index (χ4v) is 2.55. The number of ether oxygens (including phenoxy) is 1. The minimum absolute atomic E-state index is 0.0743. The van der Waals surface area contributed by atoms with E-state index in [0.29, 0.717) is 12.6 Å². The van der Waals surface area contributed by atoms with Crippen LogP contribution in [-0.2, 0) is 4.74 Å². The Morgan fingerprint density at radius 1 is 1.47 bits per heavy atom. The normalized spacial score (nSPS) is 15.2. The smallest absolute Gasteiger partial charge is 0.104 e. The van der Waals surface area contributed by atoms with Gasteiger partial charge >= 0.3 is 0 Å². The van der Waals surface area contributed by atoms with Crippen molar-refractivity contribution in [2.75, 3.05) is 6.54 Å². The summed E-state index contributed by atoms with van der Waals surface area (Å²) in [7, 11) is 0. The Morgan fingerprint density at radius 3 is 2.67 bits per heavy atom. The van der Waals surface area contributed by atoms with Crippen molar-refractivity contribution in [1.82, 2.24) is 0 Å². The molecule has 86 valence electrons. The highest BCUT2D eigenvalue weighted by Gasteiger charge is 2.15. The first kappa shape index (κ1) is 12.7. The zero-order valence-corrected chi connectivity index (χ0v) is 10.6. The molecule has 1 aromatic heterocycles. The van der Waals surface area contributed by atoms with Crippen molar-refractivity contribution < 1.29 is 4.74 Å². The second kappa shape index (κ2) is 6.26. The maximum atomic E-state index is 5.92. The van der Waals surface area contributed by atoms with Gasteiger partial charge in [-0.3, -0.25) is 0 Å². The number of aryl methyl sites for hydroxylation is 1. The summed E-state index contributed by atoms with van der Waals surface area (Å²) in [6.07, 6.45) is 2.62. The van der Waals surface area contributed by atoms with Gasteiger partial charge < -0.3 is 10.5 Å². The van der Waals surface area contributed by atoms with Crippen molar-refractivity contribution in [3.8, 4) is 0 Å². The van der Waals surface area contributed by atoms with Gasteiger partial charge in [0.1, 0.15) is 6.10 Å². The van der Waals surface area contributed by atoms with Gasteiger partial charge in [-0.15, -0.1) is 11.3 Å². The van der Waals surface area contributed by atoms with Gasteiger partial charge in [-0.1, -0.05) is 13.3 Å². The molecule has 0 saturated heterocycles. The highest BCUT2D eigenvalue weighted by Crippen LogP contribution is 2.26. The van der Waals surface area contributed by atoms with Crippen LogP contribution in [0.4, 0.5) is 0 Å². The molecule has 0 aromatic carbocycles. The lowest BCUT2D eigenvalue weighted by Crippen LogP contribution is -2.20. The minimum Gasteiger partial charge on any atom is -0.368 e. The molecular formula is C12H21NOS. The van der Waals surface area contributed by atoms with Crippen LogP contribution in [0.1, 0.15) is 42.5 Å². The first-order valence-electron chi connectivity index (χ1n) is 5.59. The van der Waals surface area contributed by atoms with Gasteiger partial charge in [0.15, 0.2) is 0 Å². The van der Waals surface area contributed by atoms with Crippen LogP contribution in [0.5, 0.6) is 0 Å². The van der Waals surface area contributed by atoms with Crippen LogP contribution in [0, 0.1) is 6.92 Å². The third kappa shape index (κ3) is 3.93. The summed E-state index contributed by atoms with van der Waals surface area (Å²) >= 11 is 1.78. The summed E-state index contributed by atoms with van der Waals surface area (Å²) in [4.78, 5) is 2.56. The summed E-state index contributed by atoms with van der Waals surface area (Å²) in [5.74, 6) is 0. The molecule has 0 fully saturated rings. The molecule has 3 heteroatoms. The Labute approximate surface area is 96.4 Å². The quantitative estimate of drug-likeness (QED) is 0.809. The zero-order valence-electron chi connectivity index (χ0n) is 9.82. The predicted octanol–water partition coefficient (Wildman–Crippen LogP) is 3.26. The minimum atomic E-state index is 0.0743. The summed E-state index contributed by atoms with van der Waals surface area (Å²) in [6.45, 7) is 6.96. The van der Waals surface area contributed by atoms with E-state index >= 15 is 0 Å². The third-order valence-corrected chi connectivity index (χ3v) is 3.48. The second-order valence-electron chi connectivity index (χ2n) is 3.91. The SMILES string of the molecule is CCCC(C)OC(CN)c1ccc(C)s1. The highest BCUT2D eigenvalue weighted by molar-refractivity contribution is 7.12. The van der Waals surface area contributed by atoms with Crippen molar-refractivity contribution >= 4 is 11.3 Å². The molecular weight excluding hydrogens is 206 g/mol. The number of thiophene rings is 1. The molecule has 0 aliphatic carbocycles. The molecule has 0 spiro atoms. The largest absolute Gasteiger partial charge is 0.368 e. The van der Waals surface area contributed by atoms with E-state index in [0.717, 1.165) is 12.8 Å². The molecule has 1 aromatic rings. The molecule has 0 aliphatic heterocycles. The molecule has 2 atom stereocenters. The van der Waals surface area contributed by atoms with E-state index in [2.05, 4.69) is 32.9 Å². The third-order valence-electron chi connectivity index (χ3n) is 2.38. The van der Waals surface area contributed by atoms with Crippen molar-refractivity contribution in [3.05, 3.63) is 21.9 Å². The van der Waals surface area contributed by atoms with Crippen molar-refractivity contribution in [2.24, 2.45) is 5.73 Å². The lowest BCUT2D eigenvalue weighted by Gasteiger charge is -2.19. The first-order valence-corrected chi connectivity index (χ1v) is 6.40. The molecule has 0 aliphatic rings. The molecule has 2 nitrogen and oxygen atoms in total. The van der Waals surface area contributed by atoms with Gasteiger partial charge in [-0.2, -0.15) is 0 Å². The summed E-state index contributed by atoms with van der Waals surface area (Å²) in [5, 5.41) is 0. The Bertz CT molecular complexity index is 285. The van der Waals surface area contributed by atoms with E-state index in [9.17, 15) is 0 Å². The van der Waals surface area contributed by atoms with Crippen LogP contribution >= 0.6 is 11.3 Å². The highest BCUT2D eigenvalue weighted by atomic mass is 32.1. The fraction of sp³-hybridized carbons (Fsp3) is 0.667. The Kier molecular flexibility index (Phi) is 5.29. The molecule has 1 heterocycles. The molecule has 0 amide bonds. The summed E-state index contributed by atoms with van der Waals surface area (Å²) < 4.78 is 5.92. The summed E-state index contributed by atoms with van der Waals surface area (Å²) in [6, 6.07) is 4.24. The summed E-state index contributed by atoms with van der Waals surface area (Å²) in [5.41, 5.74) is 5.74. The van der Waals surface area contributed by atoms with Gasteiger partial charge in [0, 0.05) is 16.3 Å². The van der Waals surface area contributed by atoms with Gasteiger partial charge in [0.25, 0.3) is 0 Å². The Morgan fingerprint density at radius 2 is 2.20 bits per heavy atom. The molecule has 0 bridgehead atoms. The van der Waals surface area contributed by atoms with Gasteiger partial charge in [0.05, 0.1) is 6.10 Å². The molecule has 1 rings (SSSR count). The number of nitrogens with two attached hydrogens (primary N) is 1. The van der Waals surface area contributed by atoms with E-state index in [1.165, 1.54) is 9.75 Å². The average Bonchev–Trinajstić information content (AvgIpc) is 2.61. The standard InChI is InChI=1S/C12H21NOS/c1-4-5-9(2)14-11(8-13)12-7-6-10(3)15-12/h6-7,9,11H,4-5,8,13H2,1-3H3. The number of hydrogen-bond donors (Lipinski definition) is 1. The Hall–Kier alpha value is -0.380. The Balaban J connectivity index is 2.56. The molecule has 15 heavy (non-hydrogen) atoms. The van der Waals surface area contributed by atoms with Gasteiger partial charge in [0.2, 0.25) is 0 Å². The van der Waals surface area contributed by atoms with Crippen LogP contribution < -0.4 is 5.73 Å². The second-order valence-corrected chi connectivity index (χ2v) is 5.23. The van der Waals surface area contributed by atoms with Crippen LogP contribution in [0.25, 0.3) is 0 Å². The van der Waals surface area contributed by atoms with E-state index < -0.39 is 0 Å². The fourth-order valence-electron chi connectivity index (χ4n) is 1.62. The van der Waals surface area contributed by atoms with Crippen LogP contribution in [0.3, 0.4) is 0 Å². The predicted molar refractivity (Wildman–Crippen MR) is 66.3 cm³/mol. The van der Waals surface area contributed by atoms with E-state index in [4.69, 9.17) is 10.5 Å². The monoisotopic (exact) mass is 227 g/mol. The maximum Gasteiger partial charge on any atom is 0.104 e. The van der Waals surface area contributed by atoms with Gasteiger partial charge in [-0.05, 0) is 32.4 Å². The molecule has 2 unspecified atom stereocenters. The van der Waals surface area contributed by atoms with Crippen LogP contribution in [0.15, 0.2) is 12.1 Å². The van der Waals surface area contributed by atoms with E-state index in [-0.39, 0.29) is 6.10 Å². The molecule has 0 radical (unpaired) electrons. The molecule has 0 saturated carbocycles. The van der Waals surface area contributed by atoms with Crippen molar-refractivity contribution in [3.63, 3.8) is 0 Å². The number of hydrogen-bond acceptors (Lipinski definition) is 3. The topological polar surface area (TPSA) is 35.2 Å². The van der Waals surface area contributed by atoms with E-state index in [1.807, 2.05) is 0 Å². The van der Waals surface area contributed by atoms with Crippen molar-refractivity contribution in [2.45, 2.75) is 45.8 Å². The average molecular weight is 227 g/mol. The van der Waals surface area contributed by atoms with E-state index in [1.54, 1.807) is 11.3 Å². The lowest BCUT2D eigenvalue weighted by atomic mass is 10.2.